The van der Waals surface area contributed by atoms with Crippen molar-refractivity contribution < 1.29 is 23.8 Å². The van der Waals surface area contributed by atoms with E-state index in [9.17, 15) is 9.59 Å². The molecular weight excluding hydrogens is 390 g/mol. The van der Waals surface area contributed by atoms with Crippen molar-refractivity contribution in [2.45, 2.75) is 32.4 Å². The zero-order valence-electron chi connectivity index (χ0n) is 13.3. The number of alkyl carbamates (subject to hydrolysis) is 1. The Hall–Kier alpha value is -1.47. The van der Waals surface area contributed by atoms with E-state index in [-0.39, 0.29) is 6.07 Å². The molecule has 6 nitrogen and oxygen atoms in total. The second-order valence-electron chi connectivity index (χ2n) is 5.54. The lowest BCUT2D eigenvalue weighted by molar-refractivity contribution is -0.144. The lowest BCUT2D eigenvalue weighted by Gasteiger charge is -2.23. The molecule has 0 radical (unpaired) electrons. The number of halogens is 2. The molecule has 0 heterocycles. The van der Waals surface area contributed by atoms with Gasteiger partial charge in [-0.1, -0.05) is 27.5 Å². The molecular formula is C15H19BrClNO5. The van der Waals surface area contributed by atoms with Gasteiger partial charge in [-0.2, -0.15) is 0 Å². The van der Waals surface area contributed by atoms with Crippen LogP contribution in [0.3, 0.4) is 0 Å². The fourth-order valence-corrected chi connectivity index (χ4v) is 2.24. The van der Waals surface area contributed by atoms with Gasteiger partial charge in [-0.3, -0.25) is 0 Å². The number of hydrogen-bond donors (Lipinski definition) is 1. The average Bonchev–Trinajstić information content (AvgIpc) is 2.43. The zero-order valence-corrected chi connectivity index (χ0v) is 15.7. The third kappa shape index (κ3) is 6.27. The minimum Gasteiger partial charge on any atom is -0.496 e. The molecule has 1 N–H and O–H groups in total. The Morgan fingerprint density at radius 3 is 2.52 bits per heavy atom. The molecule has 0 spiro atoms. The van der Waals surface area contributed by atoms with Crippen molar-refractivity contribution in [3.8, 4) is 5.75 Å². The highest BCUT2D eigenvalue weighted by Crippen LogP contribution is 2.29. The molecule has 1 amide bonds. The van der Waals surface area contributed by atoms with E-state index in [1.807, 2.05) is 0 Å². The summed E-state index contributed by atoms with van der Waals surface area (Å²) in [7, 11) is 1.46. The number of rotatable bonds is 5. The molecule has 0 aliphatic heterocycles. The molecule has 1 atom stereocenters. The topological polar surface area (TPSA) is 73.9 Å². The molecule has 0 aliphatic rings. The Bertz CT molecular complexity index is 573. The molecule has 0 saturated carbocycles. The fourth-order valence-electron chi connectivity index (χ4n) is 1.76. The predicted octanol–water partition coefficient (Wildman–Crippen LogP) is 3.76. The van der Waals surface area contributed by atoms with Crippen LogP contribution in [0, 0.1) is 0 Å². The molecule has 0 aromatic heterocycles. The van der Waals surface area contributed by atoms with Crippen molar-refractivity contribution in [3.63, 3.8) is 0 Å². The van der Waals surface area contributed by atoms with Gasteiger partial charge in [0.2, 0.25) is 0 Å². The number of hydrogen-bond acceptors (Lipinski definition) is 5. The van der Waals surface area contributed by atoms with Gasteiger partial charge in [-0.15, -0.1) is 0 Å². The van der Waals surface area contributed by atoms with Crippen molar-refractivity contribution in [3.05, 3.63) is 28.2 Å². The summed E-state index contributed by atoms with van der Waals surface area (Å²) in [6.07, 6.45) is -0.754. The standard InChI is InChI=1S/C15H19BrClNO5/c1-15(2,3)23-14(20)18-12(13(19)22-8-17)10-7-9(16)5-6-11(10)21-4/h5-7,12H,8H2,1-4H3,(H,18,20). The Labute approximate surface area is 148 Å². The smallest absolute Gasteiger partial charge is 0.408 e. The summed E-state index contributed by atoms with van der Waals surface area (Å²) in [6.45, 7) is 5.16. The summed E-state index contributed by atoms with van der Waals surface area (Å²) in [6, 6.07) is 3.62. The Balaban J connectivity index is 3.13. The Morgan fingerprint density at radius 2 is 2.00 bits per heavy atom. The van der Waals surface area contributed by atoms with Crippen LogP contribution in [0.4, 0.5) is 4.79 Å². The van der Waals surface area contributed by atoms with Crippen molar-refractivity contribution in [1.82, 2.24) is 5.32 Å². The van der Waals surface area contributed by atoms with Gasteiger partial charge in [0, 0.05) is 10.0 Å². The second kappa shape index (κ2) is 8.40. The summed E-state index contributed by atoms with van der Waals surface area (Å²) in [4.78, 5) is 24.2. The molecule has 23 heavy (non-hydrogen) atoms. The lowest BCUT2D eigenvalue weighted by Crippen LogP contribution is -2.38. The highest BCUT2D eigenvalue weighted by molar-refractivity contribution is 9.10. The first-order chi connectivity index (χ1) is 10.7. The van der Waals surface area contributed by atoms with E-state index in [0.717, 1.165) is 0 Å². The van der Waals surface area contributed by atoms with Crippen molar-refractivity contribution in [1.29, 1.82) is 0 Å². The minimum absolute atomic E-state index is 0.332. The molecule has 1 rings (SSSR count). The van der Waals surface area contributed by atoms with Gasteiger partial charge in [-0.25, -0.2) is 9.59 Å². The first-order valence-corrected chi connectivity index (χ1v) is 8.06. The van der Waals surface area contributed by atoms with Crippen LogP contribution in [0.1, 0.15) is 32.4 Å². The molecule has 1 aromatic carbocycles. The normalized spacial score (nSPS) is 12.3. The lowest BCUT2D eigenvalue weighted by atomic mass is 10.1. The fraction of sp³-hybridized carbons (Fsp3) is 0.467. The van der Waals surface area contributed by atoms with E-state index in [1.54, 1.807) is 39.0 Å². The SMILES string of the molecule is COc1ccc(Br)cc1C(NC(=O)OC(C)(C)C)C(=O)OCCl. The largest absolute Gasteiger partial charge is 0.496 e. The summed E-state index contributed by atoms with van der Waals surface area (Å²) in [5, 5.41) is 2.48. The van der Waals surface area contributed by atoms with E-state index in [0.29, 0.717) is 15.8 Å². The van der Waals surface area contributed by atoms with Crippen LogP contribution in [0.5, 0.6) is 5.75 Å². The van der Waals surface area contributed by atoms with Gasteiger partial charge in [-0.05, 0) is 39.0 Å². The van der Waals surface area contributed by atoms with Crippen molar-refractivity contribution in [2.24, 2.45) is 0 Å². The number of nitrogens with one attached hydrogen (secondary N) is 1. The van der Waals surface area contributed by atoms with Gasteiger partial charge in [0.15, 0.2) is 12.1 Å². The maximum absolute atomic E-state index is 12.2. The summed E-state index contributed by atoms with van der Waals surface area (Å²) in [5.41, 5.74) is -0.283. The van der Waals surface area contributed by atoms with Crippen LogP contribution in [-0.4, -0.2) is 30.8 Å². The highest BCUT2D eigenvalue weighted by Gasteiger charge is 2.29. The van der Waals surface area contributed by atoms with Crippen molar-refractivity contribution in [2.75, 3.05) is 13.2 Å². The molecule has 128 valence electrons. The van der Waals surface area contributed by atoms with E-state index >= 15 is 0 Å². The summed E-state index contributed by atoms with van der Waals surface area (Å²) >= 11 is 8.77. The molecule has 0 saturated heterocycles. The van der Waals surface area contributed by atoms with Gasteiger partial charge < -0.3 is 19.5 Å². The Morgan fingerprint density at radius 1 is 1.35 bits per heavy atom. The number of alkyl halides is 1. The number of amides is 1. The maximum Gasteiger partial charge on any atom is 0.408 e. The average molecular weight is 409 g/mol. The maximum atomic E-state index is 12.2. The summed E-state index contributed by atoms with van der Waals surface area (Å²) < 4.78 is 15.9. The van der Waals surface area contributed by atoms with Gasteiger partial charge in [0.05, 0.1) is 7.11 Å². The number of benzene rings is 1. The van der Waals surface area contributed by atoms with E-state index < -0.39 is 23.7 Å². The molecule has 1 unspecified atom stereocenters. The van der Waals surface area contributed by atoms with Crippen LogP contribution in [0.2, 0.25) is 0 Å². The number of carbonyl (C=O) groups excluding carboxylic acids is 2. The third-order valence-electron chi connectivity index (χ3n) is 2.60. The predicted molar refractivity (Wildman–Crippen MR) is 89.6 cm³/mol. The van der Waals surface area contributed by atoms with Gasteiger partial charge in [0.1, 0.15) is 11.4 Å². The molecule has 1 aromatic rings. The van der Waals surface area contributed by atoms with E-state index in [1.165, 1.54) is 7.11 Å². The molecule has 8 heteroatoms. The quantitative estimate of drug-likeness (QED) is 0.593. The van der Waals surface area contributed by atoms with Crippen LogP contribution in [-0.2, 0) is 14.3 Å². The second-order valence-corrected chi connectivity index (χ2v) is 6.67. The van der Waals surface area contributed by atoms with E-state index in [2.05, 4.69) is 21.2 Å². The number of methoxy groups -OCH3 is 1. The van der Waals surface area contributed by atoms with Crippen LogP contribution < -0.4 is 10.1 Å². The monoisotopic (exact) mass is 407 g/mol. The number of ether oxygens (including phenoxy) is 3. The van der Waals surface area contributed by atoms with Crippen LogP contribution >= 0.6 is 27.5 Å². The third-order valence-corrected chi connectivity index (χ3v) is 3.20. The molecule has 0 fully saturated rings. The van der Waals surface area contributed by atoms with Gasteiger partial charge in [0.25, 0.3) is 0 Å². The van der Waals surface area contributed by atoms with Gasteiger partial charge >= 0.3 is 12.1 Å². The van der Waals surface area contributed by atoms with Crippen LogP contribution in [0.15, 0.2) is 22.7 Å². The minimum atomic E-state index is -1.11. The van der Waals surface area contributed by atoms with Crippen molar-refractivity contribution >= 4 is 39.6 Å². The number of carbonyl (C=O) groups is 2. The Kier molecular flexibility index (Phi) is 7.15. The summed E-state index contributed by atoms with van der Waals surface area (Å²) in [5.74, 6) is -0.303. The molecule has 0 aliphatic carbocycles. The first-order valence-electron chi connectivity index (χ1n) is 6.73. The number of esters is 1. The molecule has 0 bridgehead atoms. The highest BCUT2D eigenvalue weighted by atomic mass is 79.9. The van der Waals surface area contributed by atoms with Crippen LogP contribution in [0.25, 0.3) is 0 Å². The zero-order chi connectivity index (χ0) is 17.6. The first kappa shape index (κ1) is 19.6. The van der Waals surface area contributed by atoms with E-state index in [4.69, 9.17) is 25.8 Å².